The minimum Gasteiger partial charge on any atom is -0.494 e. The Bertz CT molecular complexity index is 656. The lowest BCUT2D eigenvalue weighted by atomic mass is 10.1. The summed E-state index contributed by atoms with van der Waals surface area (Å²) in [5.74, 6) is 1.11. The van der Waals surface area contributed by atoms with Crippen LogP contribution in [0.1, 0.15) is 39.7 Å². The molecule has 5 nitrogen and oxygen atoms in total. The van der Waals surface area contributed by atoms with Crippen molar-refractivity contribution in [3.63, 3.8) is 0 Å². The van der Waals surface area contributed by atoms with Crippen LogP contribution in [0.25, 0.3) is 6.08 Å². The molecule has 2 rings (SSSR count). The molecule has 0 aliphatic carbocycles. The number of amides is 2. The quantitative estimate of drug-likeness (QED) is 0.686. The van der Waals surface area contributed by atoms with Crippen LogP contribution in [-0.4, -0.2) is 35.3 Å². The predicted molar refractivity (Wildman–Crippen MR) is 96.3 cm³/mol. The maximum Gasteiger partial charge on any atom is 0.293 e. The molecule has 0 aromatic heterocycles. The van der Waals surface area contributed by atoms with Gasteiger partial charge in [0.1, 0.15) is 11.5 Å². The van der Waals surface area contributed by atoms with E-state index in [-0.39, 0.29) is 17.2 Å². The Kier molecular flexibility index (Phi) is 6.31. The highest BCUT2D eigenvalue weighted by molar-refractivity contribution is 8.18. The van der Waals surface area contributed by atoms with Gasteiger partial charge in [0.2, 0.25) is 0 Å². The number of carbonyl (C=O) groups is 2. The Labute approximate surface area is 147 Å². The highest BCUT2D eigenvalue weighted by atomic mass is 32.2. The number of hydrogen-bond donors (Lipinski definition) is 0. The van der Waals surface area contributed by atoms with E-state index in [0.717, 1.165) is 23.7 Å². The molecule has 130 valence electrons. The minimum atomic E-state index is -0.240. The van der Waals surface area contributed by atoms with E-state index < -0.39 is 0 Å². The third-order valence-corrected chi connectivity index (χ3v) is 4.62. The lowest BCUT2D eigenvalue weighted by Crippen LogP contribution is -2.36. The van der Waals surface area contributed by atoms with Gasteiger partial charge in [-0.15, -0.1) is 0 Å². The van der Waals surface area contributed by atoms with Gasteiger partial charge in [-0.1, -0.05) is 6.92 Å². The summed E-state index contributed by atoms with van der Waals surface area (Å²) in [4.78, 5) is 26.4. The van der Waals surface area contributed by atoms with Gasteiger partial charge < -0.3 is 9.47 Å². The smallest absolute Gasteiger partial charge is 0.293 e. The standard InChI is InChI=1S/C18H23NO4S/c1-5-12(4)19-17(20)16(24-18(19)21)10-13-8-9-14(22-6-2)11-15(13)23-7-3/h8-12H,5-7H2,1-4H3/b16-10+/t12-/m0/s1. The molecule has 1 aliphatic heterocycles. The first kappa shape index (κ1) is 18.4. The molecule has 1 fully saturated rings. The van der Waals surface area contributed by atoms with Crippen LogP contribution in [-0.2, 0) is 4.79 Å². The topological polar surface area (TPSA) is 55.8 Å². The zero-order chi connectivity index (χ0) is 17.7. The maximum atomic E-state index is 12.5. The van der Waals surface area contributed by atoms with Gasteiger partial charge in [0.25, 0.3) is 11.1 Å². The lowest BCUT2D eigenvalue weighted by molar-refractivity contribution is -0.124. The van der Waals surface area contributed by atoms with Crippen molar-refractivity contribution in [1.82, 2.24) is 4.90 Å². The molecule has 1 aliphatic rings. The van der Waals surface area contributed by atoms with E-state index in [1.54, 1.807) is 12.1 Å². The summed E-state index contributed by atoms with van der Waals surface area (Å²) in [5, 5.41) is -0.218. The van der Waals surface area contributed by atoms with E-state index in [1.165, 1.54) is 4.90 Å². The zero-order valence-electron chi connectivity index (χ0n) is 14.5. The second kappa shape index (κ2) is 8.24. The maximum absolute atomic E-state index is 12.5. The molecule has 0 spiro atoms. The van der Waals surface area contributed by atoms with Crippen molar-refractivity contribution in [1.29, 1.82) is 0 Å². The van der Waals surface area contributed by atoms with Crippen molar-refractivity contribution in [2.75, 3.05) is 13.2 Å². The van der Waals surface area contributed by atoms with Crippen molar-refractivity contribution >= 4 is 29.0 Å². The largest absolute Gasteiger partial charge is 0.494 e. The fourth-order valence-electron chi connectivity index (χ4n) is 2.35. The molecule has 0 radical (unpaired) electrons. The van der Waals surface area contributed by atoms with Gasteiger partial charge in [-0.25, -0.2) is 0 Å². The Morgan fingerprint density at radius 1 is 1.17 bits per heavy atom. The fraction of sp³-hybridized carbons (Fsp3) is 0.444. The molecule has 1 atom stereocenters. The molecule has 1 saturated heterocycles. The lowest BCUT2D eigenvalue weighted by Gasteiger charge is -2.19. The molecule has 0 saturated carbocycles. The first-order valence-electron chi connectivity index (χ1n) is 8.18. The SMILES string of the molecule is CCOc1ccc(/C=C2/SC(=O)N([C@@H](C)CC)C2=O)c(OCC)c1. The first-order valence-corrected chi connectivity index (χ1v) is 9.00. The van der Waals surface area contributed by atoms with Gasteiger partial charge in [-0.3, -0.25) is 14.5 Å². The summed E-state index contributed by atoms with van der Waals surface area (Å²) in [5.41, 5.74) is 0.759. The molecular weight excluding hydrogens is 326 g/mol. The van der Waals surface area contributed by atoms with Crippen molar-refractivity contribution in [2.24, 2.45) is 0 Å². The monoisotopic (exact) mass is 349 g/mol. The summed E-state index contributed by atoms with van der Waals surface area (Å²) in [7, 11) is 0. The van der Waals surface area contributed by atoms with E-state index in [4.69, 9.17) is 9.47 Å². The van der Waals surface area contributed by atoms with Crippen molar-refractivity contribution in [3.05, 3.63) is 28.7 Å². The van der Waals surface area contributed by atoms with Crippen LogP contribution < -0.4 is 9.47 Å². The summed E-state index contributed by atoms with van der Waals surface area (Å²) in [6, 6.07) is 5.37. The van der Waals surface area contributed by atoms with Crippen LogP contribution in [0.15, 0.2) is 23.1 Å². The molecule has 0 bridgehead atoms. The summed E-state index contributed by atoms with van der Waals surface area (Å²) >= 11 is 0.973. The summed E-state index contributed by atoms with van der Waals surface area (Å²) in [6.07, 6.45) is 2.45. The number of rotatable bonds is 7. The van der Waals surface area contributed by atoms with E-state index >= 15 is 0 Å². The summed E-state index contributed by atoms with van der Waals surface area (Å²) in [6.45, 7) is 8.72. The van der Waals surface area contributed by atoms with Gasteiger partial charge in [0, 0.05) is 17.7 Å². The first-order chi connectivity index (χ1) is 11.5. The van der Waals surface area contributed by atoms with E-state index in [0.29, 0.717) is 29.6 Å². The van der Waals surface area contributed by atoms with Crippen LogP contribution >= 0.6 is 11.8 Å². The molecule has 0 N–H and O–H groups in total. The molecule has 0 unspecified atom stereocenters. The Morgan fingerprint density at radius 2 is 1.88 bits per heavy atom. The zero-order valence-corrected chi connectivity index (χ0v) is 15.3. The number of ether oxygens (including phenoxy) is 2. The number of nitrogens with zero attached hydrogens (tertiary/aromatic N) is 1. The van der Waals surface area contributed by atoms with E-state index in [9.17, 15) is 9.59 Å². The Morgan fingerprint density at radius 3 is 2.50 bits per heavy atom. The number of carbonyl (C=O) groups excluding carboxylic acids is 2. The van der Waals surface area contributed by atoms with Crippen LogP contribution in [0.2, 0.25) is 0 Å². The third kappa shape index (κ3) is 3.93. The van der Waals surface area contributed by atoms with Gasteiger partial charge in [0.15, 0.2) is 0 Å². The Balaban J connectivity index is 2.33. The van der Waals surface area contributed by atoms with Crippen LogP contribution in [0.3, 0.4) is 0 Å². The second-order valence-corrected chi connectivity index (χ2v) is 6.37. The fourth-order valence-corrected chi connectivity index (χ4v) is 3.28. The number of imide groups is 1. The average Bonchev–Trinajstić information content (AvgIpc) is 2.83. The second-order valence-electron chi connectivity index (χ2n) is 5.37. The molecule has 1 aromatic rings. The van der Waals surface area contributed by atoms with Gasteiger partial charge in [0.05, 0.1) is 18.1 Å². The van der Waals surface area contributed by atoms with Crippen molar-refractivity contribution in [3.8, 4) is 11.5 Å². The normalized spacial score (nSPS) is 17.5. The van der Waals surface area contributed by atoms with Crippen LogP contribution in [0.4, 0.5) is 4.79 Å². The Hall–Kier alpha value is -1.95. The minimum absolute atomic E-state index is 0.102. The highest BCUT2D eigenvalue weighted by Crippen LogP contribution is 2.36. The highest BCUT2D eigenvalue weighted by Gasteiger charge is 2.37. The van der Waals surface area contributed by atoms with Crippen molar-refractivity contribution in [2.45, 2.75) is 40.2 Å². The predicted octanol–water partition coefficient (Wildman–Crippen LogP) is 4.32. The summed E-state index contributed by atoms with van der Waals surface area (Å²) < 4.78 is 11.1. The molecule has 6 heteroatoms. The number of hydrogen-bond acceptors (Lipinski definition) is 5. The number of thioether (sulfide) groups is 1. The number of benzene rings is 1. The molecule has 1 heterocycles. The molecule has 24 heavy (non-hydrogen) atoms. The van der Waals surface area contributed by atoms with Gasteiger partial charge in [-0.05, 0) is 57.2 Å². The van der Waals surface area contributed by atoms with E-state index in [2.05, 4.69) is 0 Å². The van der Waals surface area contributed by atoms with Crippen molar-refractivity contribution < 1.29 is 19.1 Å². The van der Waals surface area contributed by atoms with Crippen LogP contribution in [0, 0.1) is 0 Å². The van der Waals surface area contributed by atoms with Gasteiger partial charge in [-0.2, -0.15) is 0 Å². The van der Waals surface area contributed by atoms with Crippen LogP contribution in [0.5, 0.6) is 11.5 Å². The average molecular weight is 349 g/mol. The van der Waals surface area contributed by atoms with Gasteiger partial charge >= 0.3 is 0 Å². The van der Waals surface area contributed by atoms with E-state index in [1.807, 2.05) is 39.8 Å². The third-order valence-electron chi connectivity index (χ3n) is 3.74. The molecule has 2 amide bonds. The molecule has 1 aromatic carbocycles. The molecular formula is C18H23NO4S.